The van der Waals surface area contributed by atoms with Crippen LogP contribution in [0.15, 0.2) is 36.4 Å². The minimum Gasteiger partial charge on any atom is -0.496 e. The smallest absolute Gasteiger partial charge is 0.122 e. The molecule has 112 valence electrons. The molecule has 1 unspecified atom stereocenters. The number of nitrogens with one attached hydrogen (secondary N) is 1. The second kappa shape index (κ2) is 7.14. The second-order valence-electron chi connectivity index (χ2n) is 4.88. The molecule has 3 nitrogen and oxygen atoms in total. The highest BCUT2D eigenvalue weighted by Crippen LogP contribution is 2.33. The first kappa shape index (κ1) is 16.1. The fourth-order valence-electron chi connectivity index (χ4n) is 2.34. The van der Waals surface area contributed by atoms with Gasteiger partial charge in [-0.15, -0.1) is 0 Å². The maximum atomic E-state index is 6.28. The molecular formula is C16H18Cl2N2O. The lowest BCUT2D eigenvalue weighted by molar-refractivity contribution is 0.405. The number of methoxy groups -OCH3 is 1. The van der Waals surface area contributed by atoms with Crippen molar-refractivity contribution in [3.63, 3.8) is 0 Å². The van der Waals surface area contributed by atoms with Crippen LogP contribution in [0.3, 0.4) is 0 Å². The molecule has 1 atom stereocenters. The van der Waals surface area contributed by atoms with E-state index in [9.17, 15) is 0 Å². The van der Waals surface area contributed by atoms with Crippen molar-refractivity contribution in [2.45, 2.75) is 19.4 Å². The van der Waals surface area contributed by atoms with Crippen LogP contribution in [0.5, 0.6) is 5.75 Å². The lowest BCUT2D eigenvalue weighted by atomic mass is 9.97. The average Bonchev–Trinajstić information content (AvgIpc) is 2.48. The Balaban J connectivity index is 2.35. The number of nitrogens with two attached hydrogens (primary N) is 1. The van der Waals surface area contributed by atoms with Crippen molar-refractivity contribution in [2.75, 3.05) is 7.11 Å². The van der Waals surface area contributed by atoms with E-state index in [0.717, 1.165) is 16.9 Å². The molecule has 5 heteroatoms. The van der Waals surface area contributed by atoms with Gasteiger partial charge in [0.05, 0.1) is 23.2 Å². The summed E-state index contributed by atoms with van der Waals surface area (Å²) < 4.78 is 5.41. The van der Waals surface area contributed by atoms with Gasteiger partial charge in [-0.25, -0.2) is 0 Å². The molecule has 0 aliphatic rings. The molecule has 2 rings (SSSR count). The van der Waals surface area contributed by atoms with Gasteiger partial charge < -0.3 is 4.74 Å². The van der Waals surface area contributed by atoms with Crippen LogP contribution in [-0.2, 0) is 6.42 Å². The van der Waals surface area contributed by atoms with Crippen LogP contribution in [-0.4, -0.2) is 7.11 Å². The average molecular weight is 325 g/mol. The lowest BCUT2D eigenvalue weighted by Gasteiger charge is -2.20. The van der Waals surface area contributed by atoms with Crippen molar-refractivity contribution in [1.82, 2.24) is 5.43 Å². The van der Waals surface area contributed by atoms with Gasteiger partial charge in [-0.3, -0.25) is 11.3 Å². The highest BCUT2D eigenvalue weighted by atomic mass is 35.5. The summed E-state index contributed by atoms with van der Waals surface area (Å²) in [4.78, 5) is 0. The predicted molar refractivity (Wildman–Crippen MR) is 88.0 cm³/mol. The maximum Gasteiger partial charge on any atom is 0.122 e. The van der Waals surface area contributed by atoms with Crippen molar-refractivity contribution in [3.8, 4) is 5.75 Å². The van der Waals surface area contributed by atoms with Crippen LogP contribution in [0.1, 0.15) is 22.7 Å². The van der Waals surface area contributed by atoms with Crippen LogP contribution >= 0.6 is 23.2 Å². The molecule has 0 heterocycles. The Hall–Kier alpha value is -1.26. The normalized spacial score (nSPS) is 12.2. The van der Waals surface area contributed by atoms with Gasteiger partial charge >= 0.3 is 0 Å². The third-order valence-electron chi connectivity index (χ3n) is 3.42. The summed E-state index contributed by atoms with van der Waals surface area (Å²) in [5.41, 5.74) is 5.91. The van der Waals surface area contributed by atoms with E-state index in [1.165, 1.54) is 5.56 Å². The zero-order valence-electron chi connectivity index (χ0n) is 12.0. The van der Waals surface area contributed by atoms with Crippen LogP contribution in [0, 0.1) is 6.92 Å². The molecule has 0 aromatic heterocycles. The van der Waals surface area contributed by atoms with Gasteiger partial charge in [-0.1, -0.05) is 53.0 Å². The Kier molecular flexibility index (Phi) is 5.48. The van der Waals surface area contributed by atoms with Crippen LogP contribution < -0.4 is 16.0 Å². The van der Waals surface area contributed by atoms with Crippen LogP contribution in [0.4, 0.5) is 0 Å². The predicted octanol–water partition coefficient (Wildman–Crippen LogP) is 4.06. The summed E-state index contributed by atoms with van der Waals surface area (Å²) in [6.07, 6.45) is 0.654. The fourth-order valence-corrected chi connectivity index (χ4v) is 2.77. The molecule has 0 fully saturated rings. The van der Waals surface area contributed by atoms with Crippen molar-refractivity contribution >= 4 is 23.2 Å². The number of hydrazine groups is 1. The molecule has 3 N–H and O–H groups in total. The Bertz CT molecular complexity index is 632. The van der Waals surface area contributed by atoms with E-state index in [0.29, 0.717) is 16.5 Å². The minimum absolute atomic E-state index is 0.146. The van der Waals surface area contributed by atoms with Gasteiger partial charge in [0.25, 0.3) is 0 Å². The molecule has 0 amide bonds. The molecule has 0 bridgehead atoms. The third-order valence-corrected chi connectivity index (χ3v) is 4.25. The maximum absolute atomic E-state index is 6.28. The first-order valence-electron chi connectivity index (χ1n) is 6.60. The Morgan fingerprint density at radius 3 is 2.67 bits per heavy atom. The summed E-state index contributed by atoms with van der Waals surface area (Å²) in [6.45, 7) is 2.04. The molecule has 0 spiro atoms. The van der Waals surface area contributed by atoms with Crippen molar-refractivity contribution in [3.05, 3.63) is 63.1 Å². The van der Waals surface area contributed by atoms with Gasteiger partial charge in [0.15, 0.2) is 0 Å². The second-order valence-corrected chi connectivity index (χ2v) is 5.67. The van der Waals surface area contributed by atoms with E-state index >= 15 is 0 Å². The standard InChI is InChI=1S/C16H18Cl2N2O/c1-10-6-7-15(21-2)11(8-10)9-14(20-19)12-4-3-5-13(17)16(12)18/h3-8,14,20H,9,19H2,1-2H3. The van der Waals surface area contributed by atoms with Crippen molar-refractivity contribution in [2.24, 2.45) is 5.84 Å². The highest BCUT2D eigenvalue weighted by molar-refractivity contribution is 6.42. The molecule has 0 aliphatic heterocycles. The van der Waals surface area contributed by atoms with Gasteiger partial charge in [0.2, 0.25) is 0 Å². The molecular weight excluding hydrogens is 307 g/mol. The van der Waals surface area contributed by atoms with E-state index in [4.69, 9.17) is 33.8 Å². The van der Waals surface area contributed by atoms with Gasteiger partial charge in [0, 0.05) is 0 Å². The zero-order chi connectivity index (χ0) is 15.4. The zero-order valence-corrected chi connectivity index (χ0v) is 13.5. The topological polar surface area (TPSA) is 47.3 Å². The highest BCUT2D eigenvalue weighted by Gasteiger charge is 2.17. The number of hydrogen-bond donors (Lipinski definition) is 2. The van der Waals surface area contributed by atoms with Gasteiger partial charge in [-0.2, -0.15) is 0 Å². The third kappa shape index (κ3) is 3.69. The first-order chi connectivity index (χ1) is 10.1. The monoisotopic (exact) mass is 324 g/mol. The molecule has 0 radical (unpaired) electrons. The van der Waals surface area contributed by atoms with Crippen LogP contribution in [0.2, 0.25) is 10.0 Å². The molecule has 0 saturated carbocycles. The molecule has 0 saturated heterocycles. The largest absolute Gasteiger partial charge is 0.496 e. The van der Waals surface area contributed by atoms with Gasteiger partial charge in [-0.05, 0) is 36.6 Å². The van der Waals surface area contributed by atoms with E-state index in [1.807, 2.05) is 31.2 Å². The number of hydrogen-bond acceptors (Lipinski definition) is 3. The van der Waals surface area contributed by atoms with E-state index in [2.05, 4.69) is 11.5 Å². The number of ether oxygens (including phenoxy) is 1. The molecule has 21 heavy (non-hydrogen) atoms. The quantitative estimate of drug-likeness (QED) is 0.644. The summed E-state index contributed by atoms with van der Waals surface area (Å²) >= 11 is 12.4. The molecule has 0 aliphatic carbocycles. The summed E-state index contributed by atoms with van der Waals surface area (Å²) in [5, 5.41) is 1.04. The van der Waals surface area contributed by atoms with Crippen molar-refractivity contribution < 1.29 is 4.74 Å². The minimum atomic E-state index is -0.146. The Morgan fingerprint density at radius 2 is 2.00 bits per heavy atom. The summed E-state index contributed by atoms with van der Waals surface area (Å²) in [7, 11) is 1.66. The lowest BCUT2D eigenvalue weighted by Crippen LogP contribution is -2.30. The van der Waals surface area contributed by atoms with Gasteiger partial charge in [0.1, 0.15) is 5.75 Å². The Labute approximate surface area is 135 Å². The fraction of sp³-hybridized carbons (Fsp3) is 0.250. The van der Waals surface area contributed by atoms with Crippen molar-refractivity contribution in [1.29, 1.82) is 0 Å². The van der Waals surface area contributed by atoms with E-state index in [1.54, 1.807) is 13.2 Å². The van der Waals surface area contributed by atoms with E-state index < -0.39 is 0 Å². The summed E-state index contributed by atoms with van der Waals surface area (Å²) in [5.74, 6) is 6.54. The number of aryl methyl sites for hydroxylation is 1. The Morgan fingerprint density at radius 1 is 1.24 bits per heavy atom. The number of halogens is 2. The summed E-state index contributed by atoms with van der Waals surface area (Å²) in [6, 6.07) is 11.4. The molecule has 2 aromatic rings. The van der Waals surface area contributed by atoms with E-state index in [-0.39, 0.29) is 6.04 Å². The first-order valence-corrected chi connectivity index (χ1v) is 7.36. The SMILES string of the molecule is COc1ccc(C)cc1CC(NN)c1cccc(Cl)c1Cl. The molecule has 2 aromatic carbocycles. The number of rotatable bonds is 5. The van der Waals surface area contributed by atoms with Crippen LogP contribution in [0.25, 0.3) is 0 Å². The number of benzene rings is 2.